The number of nitriles is 1. The van der Waals surface area contributed by atoms with Gasteiger partial charge in [0.2, 0.25) is 5.91 Å². The molecule has 0 bridgehead atoms. The van der Waals surface area contributed by atoms with Gasteiger partial charge in [0.15, 0.2) is 5.16 Å². The van der Waals surface area contributed by atoms with E-state index < -0.39 is 5.25 Å². The second-order valence-corrected chi connectivity index (χ2v) is 8.86. The maximum atomic E-state index is 13.1. The van der Waals surface area contributed by atoms with Gasteiger partial charge in [0.25, 0.3) is 5.56 Å². The first kappa shape index (κ1) is 23.5. The highest BCUT2D eigenvalue weighted by Gasteiger charge is 2.20. The molecular weight excluding hydrogens is 424 g/mol. The second-order valence-electron chi connectivity index (χ2n) is 7.55. The zero-order valence-electron chi connectivity index (χ0n) is 18.4. The Bertz CT molecular complexity index is 1200. The fraction of sp³-hybridized carbons (Fsp3) is 0.333. The number of nitrogens with one attached hydrogen (secondary N) is 1. The molecule has 1 heterocycles. The van der Waals surface area contributed by atoms with Crippen LogP contribution in [0.2, 0.25) is 0 Å². The van der Waals surface area contributed by atoms with E-state index in [1.807, 2.05) is 26.0 Å². The first-order valence-corrected chi connectivity index (χ1v) is 11.4. The molecule has 0 aliphatic heterocycles. The van der Waals surface area contributed by atoms with Gasteiger partial charge in [-0.05, 0) is 51.5 Å². The van der Waals surface area contributed by atoms with E-state index in [4.69, 9.17) is 4.74 Å². The van der Waals surface area contributed by atoms with E-state index in [0.29, 0.717) is 46.9 Å². The summed E-state index contributed by atoms with van der Waals surface area (Å²) in [6, 6.07) is 16.1. The Hall–Kier alpha value is -3.15. The second kappa shape index (κ2) is 10.9. The molecule has 166 valence electrons. The van der Waals surface area contributed by atoms with Crippen molar-refractivity contribution in [2.45, 2.75) is 50.2 Å². The smallest absolute Gasteiger partial charge is 0.262 e. The molecule has 1 aromatic heterocycles. The zero-order chi connectivity index (χ0) is 23.1. The topological polar surface area (TPSA) is 97.0 Å². The lowest BCUT2D eigenvalue weighted by Crippen LogP contribution is -2.27. The maximum Gasteiger partial charge on any atom is 0.262 e. The van der Waals surface area contributed by atoms with Crippen molar-refractivity contribution in [1.29, 1.82) is 5.26 Å². The summed E-state index contributed by atoms with van der Waals surface area (Å²) >= 11 is 1.22. The minimum Gasteiger partial charge on any atom is -0.379 e. The van der Waals surface area contributed by atoms with Gasteiger partial charge in [0.05, 0.1) is 33.5 Å². The highest BCUT2D eigenvalue weighted by molar-refractivity contribution is 8.00. The Morgan fingerprint density at radius 2 is 1.91 bits per heavy atom. The molecule has 2 aromatic carbocycles. The number of fused-ring (bicyclic) bond motifs is 1. The van der Waals surface area contributed by atoms with E-state index >= 15 is 0 Å². The Morgan fingerprint density at radius 3 is 2.66 bits per heavy atom. The Balaban J connectivity index is 1.84. The summed E-state index contributed by atoms with van der Waals surface area (Å²) in [7, 11) is 0. The third-order valence-electron chi connectivity index (χ3n) is 4.76. The van der Waals surface area contributed by atoms with Crippen LogP contribution in [0, 0.1) is 11.3 Å². The number of benzene rings is 2. The van der Waals surface area contributed by atoms with Crippen molar-refractivity contribution in [3.8, 4) is 6.07 Å². The number of amides is 1. The fourth-order valence-corrected chi connectivity index (χ4v) is 4.05. The van der Waals surface area contributed by atoms with E-state index in [9.17, 15) is 14.9 Å². The van der Waals surface area contributed by atoms with Gasteiger partial charge >= 0.3 is 0 Å². The van der Waals surface area contributed by atoms with E-state index in [1.54, 1.807) is 47.9 Å². The molecule has 1 amide bonds. The molecule has 1 N–H and O–H groups in total. The molecule has 0 saturated carbocycles. The van der Waals surface area contributed by atoms with Crippen molar-refractivity contribution in [3.05, 3.63) is 64.4 Å². The Kier molecular flexibility index (Phi) is 8.03. The largest absolute Gasteiger partial charge is 0.379 e. The summed E-state index contributed by atoms with van der Waals surface area (Å²) in [6.07, 6.45) is 0.775. The van der Waals surface area contributed by atoms with E-state index in [-0.39, 0.29) is 17.6 Å². The average Bonchev–Trinajstić information content (AvgIpc) is 2.78. The number of aromatic nitrogens is 2. The monoisotopic (exact) mass is 450 g/mol. The van der Waals surface area contributed by atoms with Gasteiger partial charge in [0.1, 0.15) is 6.07 Å². The zero-order valence-corrected chi connectivity index (χ0v) is 19.2. The van der Waals surface area contributed by atoms with Crippen LogP contribution in [0.25, 0.3) is 10.9 Å². The van der Waals surface area contributed by atoms with Crippen molar-refractivity contribution >= 4 is 34.3 Å². The molecule has 32 heavy (non-hydrogen) atoms. The van der Waals surface area contributed by atoms with Gasteiger partial charge < -0.3 is 10.1 Å². The lowest BCUT2D eigenvalue weighted by Gasteiger charge is -2.17. The van der Waals surface area contributed by atoms with Crippen LogP contribution >= 0.6 is 11.8 Å². The van der Waals surface area contributed by atoms with Crippen LogP contribution in [0.1, 0.15) is 32.8 Å². The fourth-order valence-electron chi connectivity index (χ4n) is 3.11. The molecular formula is C24H26N4O3S. The molecule has 7 nitrogen and oxygen atoms in total. The number of para-hydroxylation sites is 2. The number of carbonyl (C=O) groups excluding carboxylic acids is 1. The van der Waals surface area contributed by atoms with Gasteiger partial charge in [-0.1, -0.05) is 36.0 Å². The van der Waals surface area contributed by atoms with Gasteiger partial charge in [-0.25, -0.2) is 4.98 Å². The van der Waals surface area contributed by atoms with E-state index in [1.165, 1.54) is 11.8 Å². The van der Waals surface area contributed by atoms with Crippen LogP contribution in [0.3, 0.4) is 0 Å². The number of hydrogen-bond donors (Lipinski definition) is 1. The molecule has 1 atom stereocenters. The number of thioether (sulfide) groups is 1. The van der Waals surface area contributed by atoms with Gasteiger partial charge in [-0.2, -0.15) is 5.26 Å². The summed E-state index contributed by atoms with van der Waals surface area (Å²) < 4.78 is 7.22. The normalized spacial score (nSPS) is 12.0. The molecule has 0 aliphatic rings. The van der Waals surface area contributed by atoms with Crippen LogP contribution in [0.15, 0.2) is 58.5 Å². The summed E-state index contributed by atoms with van der Waals surface area (Å²) in [6.45, 7) is 6.66. The highest BCUT2D eigenvalue weighted by Crippen LogP contribution is 2.24. The standard InChI is InChI=1S/C24H26N4O3S/c1-16(2)31-14-8-13-28-23(30)19-10-5-7-12-21(19)27-24(28)32-17(3)22(29)26-20-11-6-4-9-18(20)15-25/h4-7,9-12,16-17H,8,13-14H2,1-3H3,(H,26,29). The lowest BCUT2D eigenvalue weighted by molar-refractivity contribution is -0.115. The third kappa shape index (κ3) is 5.75. The summed E-state index contributed by atoms with van der Waals surface area (Å²) in [4.78, 5) is 30.6. The molecule has 0 aliphatic carbocycles. The summed E-state index contributed by atoms with van der Waals surface area (Å²) in [5.74, 6) is -0.269. The summed E-state index contributed by atoms with van der Waals surface area (Å²) in [5.41, 5.74) is 1.31. The lowest BCUT2D eigenvalue weighted by atomic mass is 10.2. The number of anilines is 1. The van der Waals surface area contributed by atoms with Crippen LogP contribution in [0.4, 0.5) is 5.69 Å². The molecule has 8 heteroatoms. The maximum absolute atomic E-state index is 13.1. The van der Waals surface area contributed by atoms with Gasteiger partial charge in [-0.15, -0.1) is 0 Å². The van der Waals surface area contributed by atoms with Crippen LogP contribution in [0.5, 0.6) is 0 Å². The number of nitrogens with zero attached hydrogens (tertiary/aromatic N) is 3. The molecule has 0 saturated heterocycles. The molecule has 0 fully saturated rings. The van der Waals surface area contributed by atoms with E-state index in [0.717, 1.165) is 0 Å². The number of carbonyl (C=O) groups is 1. The van der Waals surface area contributed by atoms with Crippen molar-refractivity contribution in [2.24, 2.45) is 0 Å². The SMILES string of the molecule is CC(C)OCCCn1c(SC(C)C(=O)Nc2ccccc2C#N)nc2ccccc2c1=O. The van der Waals surface area contributed by atoms with Crippen molar-refractivity contribution in [1.82, 2.24) is 9.55 Å². The molecule has 0 radical (unpaired) electrons. The average molecular weight is 451 g/mol. The third-order valence-corrected chi connectivity index (χ3v) is 5.85. The van der Waals surface area contributed by atoms with Crippen LogP contribution in [-0.4, -0.2) is 33.4 Å². The van der Waals surface area contributed by atoms with Crippen molar-refractivity contribution in [3.63, 3.8) is 0 Å². The Morgan fingerprint density at radius 1 is 1.19 bits per heavy atom. The predicted octanol–water partition coefficient (Wildman–Crippen LogP) is 4.20. The number of rotatable bonds is 9. The van der Waals surface area contributed by atoms with Crippen molar-refractivity contribution < 1.29 is 9.53 Å². The molecule has 1 unspecified atom stereocenters. The highest BCUT2D eigenvalue weighted by atomic mass is 32.2. The summed E-state index contributed by atoms with van der Waals surface area (Å²) in [5, 5.41) is 12.5. The first-order chi connectivity index (χ1) is 15.4. The van der Waals surface area contributed by atoms with Crippen LogP contribution in [-0.2, 0) is 16.1 Å². The molecule has 3 aromatic rings. The number of hydrogen-bond acceptors (Lipinski definition) is 6. The first-order valence-electron chi connectivity index (χ1n) is 10.5. The van der Waals surface area contributed by atoms with Crippen LogP contribution < -0.4 is 10.9 Å². The van der Waals surface area contributed by atoms with Gasteiger partial charge in [-0.3, -0.25) is 14.2 Å². The van der Waals surface area contributed by atoms with E-state index in [2.05, 4.69) is 16.4 Å². The number of ether oxygens (including phenoxy) is 1. The minimum absolute atomic E-state index is 0.121. The van der Waals surface area contributed by atoms with Crippen molar-refractivity contribution in [2.75, 3.05) is 11.9 Å². The Labute approximate surface area is 191 Å². The predicted molar refractivity (Wildman–Crippen MR) is 127 cm³/mol. The molecule has 3 rings (SSSR count). The quantitative estimate of drug-likeness (QED) is 0.298. The minimum atomic E-state index is -0.534. The molecule has 0 spiro atoms. The van der Waals surface area contributed by atoms with Gasteiger partial charge in [0, 0.05) is 13.2 Å².